The zero-order valence-corrected chi connectivity index (χ0v) is 20.0. The second-order valence-corrected chi connectivity index (χ2v) is 9.56. The summed E-state index contributed by atoms with van der Waals surface area (Å²) < 4.78 is 0. The molecule has 0 saturated carbocycles. The van der Waals surface area contributed by atoms with Gasteiger partial charge in [0.05, 0.1) is 0 Å². The first-order valence-corrected chi connectivity index (χ1v) is 12.6. The maximum Gasteiger partial charge on any atom is 0.256 e. The highest BCUT2D eigenvalue weighted by atomic mass is 16.3. The SMILES string of the molecule is CCc1cccc(CCCC2=CCN(CCN3C(=O)c4cccc5cccc(c45)C3O)CC2)c1. The Morgan fingerprint density at radius 1 is 0.971 bits per heavy atom. The molecule has 0 fully saturated rings. The van der Waals surface area contributed by atoms with Crippen LogP contribution in [0.4, 0.5) is 0 Å². The summed E-state index contributed by atoms with van der Waals surface area (Å²) in [6, 6.07) is 20.6. The fraction of sp³-hybridized carbons (Fsp3) is 0.367. The first kappa shape index (κ1) is 22.8. The van der Waals surface area contributed by atoms with Gasteiger partial charge in [0.15, 0.2) is 6.23 Å². The molecule has 0 spiro atoms. The van der Waals surface area contributed by atoms with Crippen LogP contribution in [0.15, 0.2) is 72.3 Å². The molecule has 0 radical (unpaired) electrons. The average Bonchev–Trinajstić information content (AvgIpc) is 2.88. The lowest BCUT2D eigenvalue weighted by Crippen LogP contribution is -2.43. The largest absolute Gasteiger partial charge is 0.369 e. The van der Waals surface area contributed by atoms with Crippen LogP contribution < -0.4 is 0 Å². The third-order valence-corrected chi connectivity index (χ3v) is 7.41. The van der Waals surface area contributed by atoms with Gasteiger partial charge in [-0.15, -0.1) is 0 Å². The van der Waals surface area contributed by atoms with Crippen molar-refractivity contribution in [1.29, 1.82) is 0 Å². The van der Waals surface area contributed by atoms with Crippen LogP contribution in [0.1, 0.15) is 59.5 Å². The van der Waals surface area contributed by atoms with Gasteiger partial charge in [0.1, 0.15) is 0 Å². The maximum absolute atomic E-state index is 13.1. The van der Waals surface area contributed by atoms with E-state index in [1.807, 2.05) is 36.4 Å². The number of aryl methyl sites for hydroxylation is 2. The van der Waals surface area contributed by atoms with Gasteiger partial charge in [0, 0.05) is 42.7 Å². The van der Waals surface area contributed by atoms with Gasteiger partial charge in [-0.3, -0.25) is 9.69 Å². The summed E-state index contributed by atoms with van der Waals surface area (Å²) in [7, 11) is 0. The number of nitrogens with zero attached hydrogens (tertiary/aromatic N) is 2. The molecule has 4 nitrogen and oxygen atoms in total. The van der Waals surface area contributed by atoms with Gasteiger partial charge < -0.3 is 10.0 Å². The molecule has 0 aromatic heterocycles. The Morgan fingerprint density at radius 2 is 1.76 bits per heavy atom. The summed E-state index contributed by atoms with van der Waals surface area (Å²) in [4.78, 5) is 17.2. The number of rotatable bonds is 8. The summed E-state index contributed by atoms with van der Waals surface area (Å²) in [5, 5.41) is 12.9. The highest BCUT2D eigenvalue weighted by molar-refractivity contribution is 6.10. The molecule has 3 aromatic carbocycles. The van der Waals surface area contributed by atoms with Gasteiger partial charge in [0.2, 0.25) is 0 Å². The molecular weight excluding hydrogens is 420 g/mol. The quantitative estimate of drug-likeness (QED) is 0.457. The van der Waals surface area contributed by atoms with E-state index in [1.54, 1.807) is 10.5 Å². The summed E-state index contributed by atoms with van der Waals surface area (Å²) in [5.74, 6) is -0.0721. The van der Waals surface area contributed by atoms with Gasteiger partial charge in [0.25, 0.3) is 5.91 Å². The number of hydrogen-bond acceptors (Lipinski definition) is 3. The van der Waals surface area contributed by atoms with E-state index in [-0.39, 0.29) is 5.91 Å². The van der Waals surface area contributed by atoms with E-state index in [0.717, 1.165) is 61.7 Å². The molecule has 176 valence electrons. The van der Waals surface area contributed by atoms with Crippen molar-refractivity contribution >= 4 is 16.7 Å². The predicted molar refractivity (Wildman–Crippen MR) is 138 cm³/mol. The molecule has 2 aliphatic heterocycles. The average molecular weight is 455 g/mol. The smallest absolute Gasteiger partial charge is 0.256 e. The van der Waals surface area contributed by atoms with Crippen LogP contribution in [0.3, 0.4) is 0 Å². The Bertz CT molecular complexity index is 1210. The van der Waals surface area contributed by atoms with Gasteiger partial charge in [-0.05, 0) is 54.7 Å². The van der Waals surface area contributed by atoms with Crippen molar-refractivity contribution in [2.24, 2.45) is 0 Å². The zero-order chi connectivity index (χ0) is 23.5. The molecule has 34 heavy (non-hydrogen) atoms. The predicted octanol–water partition coefficient (Wildman–Crippen LogP) is 5.50. The Balaban J connectivity index is 1.14. The fourth-order valence-electron chi connectivity index (χ4n) is 5.38. The molecule has 1 atom stereocenters. The number of amides is 1. The Morgan fingerprint density at radius 3 is 2.56 bits per heavy atom. The topological polar surface area (TPSA) is 43.8 Å². The van der Waals surface area contributed by atoms with E-state index in [1.165, 1.54) is 17.5 Å². The lowest BCUT2D eigenvalue weighted by atomic mass is 9.93. The molecule has 0 aliphatic carbocycles. The van der Waals surface area contributed by atoms with Gasteiger partial charge >= 0.3 is 0 Å². The third-order valence-electron chi connectivity index (χ3n) is 7.41. The number of hydrogen-bond donors (Lipinski definition) is 1. The van der Waals surface area contributed by atoms with E-state index in [9.17, 15) is 9.90 Å². The van der Waals surface area contributed by atoms with Crippen LogP contribution in [0.25, 0.3) is 10.8 Å². The Kier molecular flexibility index (Phi) is 6.80. The Hall–Kier alpha value is -2.95. The van der Waals surface area contributed by atoms with Crippen LogP contribution in [-0.4, -0.2) is 47.0 Å². The minimum Gasteiger partial charge on any atom is -0.369 e. The second-order valence-electron chi connectivity index (χ2n) is 9.56. The highest BCUT2D eigenvalue weighted by Crippen LogP contribution is 2.35. The van der Waals surface area contributed by atoms with E-state index in [4.69, 9.17) is 0 Å². The summed E-state index contributed by atoms with van der Waals surface area (Å²) in [5.41, 5.74) is 5.95. The molecule has 5 rings (SSSR count). The molecule has 2 aliphatic rings. The van der Waals surface area contributed by atoms with Gasteiger partial charge in [-0.2, -0.15) is 0 Å². The number of carbonyl (C=O) groups excluding carboxylic acids is 1. The van der Waals surface area contributed by atoms with Crippen LogP contribution in [0.5, 0.6) is 0 Å². The van der Waals surface area contributed by atoms with Crippen molar-refractivity contribution in [3.8, 4) is 0 Å². The molecule has 1 unspecified atom stereocenters. The lowest BCUT2D eigenvalue weighted by Gasteiger charge is -2.36. The van der Waals surface area contributed by atoms with Crippen molar-refractivity contribution < 1.29 is 9.90 Å². The molecule has 0 saturated heterocycles. The number of carbonyl (C=O) groups is 1. The highest BCUT2D eigenvalue weighted by Gasteiger charge is 2.32. The third kappa shape index (κ3) is 4.66. The molecule has 1 amide bonds. The summed E-state index contributed by atoms with van der Waals surface area (Å²) in [6.07, 6.45) is 7.17. The molecular formula is C30H34N2O2. The maximum atomic E-state index is 13.1. The first-order chi connectivity index (χ1) is 16.6. The van der Waals surface area contributed by atoms with Crippen LogP contribution >= 0.6 is 0 Å². The van der Waals surface area contributed by atoms with Crippen LogP contribution in [0, 0.1) is 0 Å². The Labute approximate surface area is 202 Å². The van der Waals surface area contributed by atoms with Crippen molar-refractivity contribution in [3.63, 3.8) is 0 Å². The molecule has 1 N–H and O–H groups in total. The monoisotopic (exact) mass is 454 g/mol. The van der Waals surface area contributed by atoms with E-state index in [0.29, 0.717) is 12.1 Å². The number of aliphatic hydroxyl groups is 1. The summed E-state index contributed by atoms with van der Waals surface area (Å²) >= 11 is 0. The van der Waals surface area contributed by atoms with Crippen molar-refractivity contribution in [3.05, 3.63) is 94.6 Å². The molecule has 4 heteroatoms. The van der Waals surface area contributed by atoms with Gasteiger partial charge in [-0.1, -0.05) is 73.2 Å². The standard InChI is InChI=1S/C30H34N2O2/c1-2-22-7-3-9-24(21-22)10-4-8-23-15-17-31(18-16-23)19-20-32-29(33)26-13-5-11-25-12-6-14-27(28(25)26)30(32)34/h3,5-7,9,11-15,21,29,33H,2,4,8,10,16-20H2,1H3. The lowest BCUT2D eigenvalue weighted by molar-refractivity contribution is 0.00143. The fourth-order valence-corrected chi connectivity index (χ4v) is 5.38. The van der Waals surface area contributed by atoms with Crippen LogP contribution in [0.2, 0.25) is 0 Å². The first-order valence-electron chi connectivity index (χ1n) is 12.6. The zero-order valence-electron chi connectivity index (χ0n) is 20.0. The van der Waals surface area contributed by atoms with E-state index >= 15 is 0 Å². The number of aliphatic hydroxyl groups excluding tert-OH is 1. The van der Waals surface area contributed by atoms with Gasteiger partial charge in [-0.25, -0.2) is 0 Å². The van der Waals surface area contributed by atoms with Crippen molar-refractivity contribution in [2.45, 2.75) is 45.3 Å². The van der Waals surface area contributed by atoms with E-state index < -0.39 is 6.23 Å². The van der Waals surface area contributed by atoms with Crippen molar-refractivity contribution in [2.75, 3.05) is 26.2 Å². The molecule has 3 aromatic rings. The normalized spacial score (nSPS) is 18.4. The molecule has 2 heterocycles. The number of benzene rings is 3. The minimum absolute atomic E-state index is 0.0721. The summed E-state index contributed by atoms with van der Waals surface area (Å²) in [6.45, 7) is 5.45. The second kappa shape index (κ2) is 10.1. The van der Waals surface area contributed by atoms with Crippen molar-refractivity contribution in [1.82, 2.24) is 9.80 Å². The minimum atomic E-state index is -0.881. The van der Waals surface area contributed by atoms with E-state index in [2.05, 4.69) is 42.2 Å². The van der Waals surface area contributed by atoms with Crippen LogP contribution in [-0.2, 0) is 12.8 Å². The molecule has 0 bridgehead atoms.